The summed E-state index contributed by atoms with van der Waals surface area (Å²) in [6, 6.07) is 16.1. The lowest BCUT2D eigenvalue weighted by Gasteiger charge is -2.36. The fraction of sp³-hybridized carbons (Fsp3) is 0.304. The van der Waals surface area contributed by atoms with Crippen LogP contribution in [0.25, 0.3) is 0 Å². The van der Waals surface area contributed by atoms with Gasteiger partial charge in [0, 0.05) is 43.7 Å². The smallest absolute Gasteiger partial charge is 0.246 e. The molecule has 8 heteroatoms. The van der Waals surface area contributed by atoms with Gasteiger partial charge in [0.25, 0.3) is 0 Å². The van der Waals surface area contributed by atoms with Gasteiger partial charge >= 0.3 is 0 Å². The third-order valence-electron chi connectivity index (χ3n) is 6.02. The maximum absolute atomic E-state index is 13.2. The van der Waals surface area contributed by atoms with Gasteiger partial charge in [-0.2, -0.15) is 0 Å². The van der Waals surface area contributed by atoms with Crippen LogP contribution in [0.3, 0.4) is 0 Å². The van der Waals surface area contributed by atoms with Crippen molar-refractivity contribution in [2.24, 2.45) is 0 Å². The molecule has 160 valence electrons. The topological polar surface area (TPSA) is 78.0 Å². The Morgan fingerprint density at radius 2 is 1.65 bits per heavy atom. The Balaban J connectivity index is 1.57. The molecule has 2 aromatic carbocycles. The SMILES string of the molecule is CN1C(=O)CC(CC(=O)N2CCN(c3ccccc3)C(=O)C2)(c2ccccc2Cl)C1=O. The molecule has 2 saturated heterocycles. The first-order chi connectivity index (χ1) is 14.8. The number of likely N-dealkylation sites (tertiary alicyclic amines) is 1. The van der Waals surface area contributed by atoms with Gasteiger partial charge in [0.1, 0.15) is 6.54 Å². The molecule has 0 N–H and O–H groups in total. The number of hydrogen-bond donors (Lipinski definition) is 0. The number of imide groups is 1. The molecule has 2 heterocycles. The van der Waals surface area contributed by atoms with E-state index in [1.807, 2.05) is 30.3 Å². The van der Waals surface area contributed by atoms with Gasteiger partial charge in [-0.1, -0.05) is 48.0 Å². The fourth-order valence-electron chi connectivity index (χ4n) is 4.32. The number of anilines is 1. The number of benzene rings is 2. The number of likely N-dealkylation sites (N-methyl/N-ethyl adjacent to an activating group) is 1. The van der Waals surface area contributed by atoms with Crippen molar-refractivity contribution in [2.45, 2.75) is 18.3 Å². The van der Waals surface area contributed by atoms with Crippen LogP contribution < -0.4 is 4.90 Å². The summed E-state index contributed by atoms with van der Waals surface area (Å²) in [6.07, 6.45) is -0.347. The van der Waals surface area contributed by atoms with Crippen LogP contribution in [0.2, 0.25) is 5.02 Å². The van der Waals surface area contributed by atoms with Crippen molar-refractivity contribution in [3.8, 4) is 0 Å². The Labute approximate surface area is 185 Å². The molecule has 4 rings (SSSR count). The molecule has 0 aliphatic carbocycles. The van der Waals surface area contributed by atoms with Crippen LogP contribution in [0, 0.1) is 0 Å². The van der Waals surface area contributed by atoms with E-state index in [1.165, 1.54) is 11.9 Å². The van der Waals surface area contributed by atoms with Crippen LogP contribution in [-0.4, -0.2) is 60.1 Å². The standard InChI is InChI=1S/C23H22ClN3O4/c1-25-19(28)13-23(22(25)31,17-9-5-6-10-18(17)24)14-20(29)26-11-12-27(21(30)15-26)16-7-3-2-4-8-16/h2-10H,11-15H2,1H3. The Kier molecular flexibility index (Phi) is 5.54. The van der Waals surface area contributed by atoms with E-state index in [1.54, 1.807) is 29.2 Å². The highest BCUT2D eigenvalue weighted by Gasteiger charge is 2.54. The Bertz CT molecular complexity index is 1060. The fourth-order valence-corrected chi connectivity index (χ4v) is 4.63. The van der Waals surface area contributed by atoms with E-state index in [9.17, 15) is 19.2 Å². The zero-order valence-electron chi connectivity index (χ0n) is 17.1. The Hall–Kier alpha value is -3.19. The summed E-state index contributed by atoms with van der Waals surface area (Å²) in [6.45, 7) is 0.626. The quantitative estimate of drug-likeness (QED) is 0.684. The number of nitrogens with zero attached hydrogens (tertiary/aromatic N) is 3. The molecule has 2 aliphatic rings. The third-order valence-corrected chi connectivity index (χ3v) is 6.35. The summed E-state index contributed by atoms with van der Waals surface area (Å²) in [5, 5.41) is 0.330. The number of amides is 4. The van der Waals surface area contributed by atoms with Crippen LogP contribution >= 0.6 is 11.6 Å². The minimum absolute atomic E-state index is 0.0791. The zero-order chi connectivity index (χ0) is 22.2. The van der Waals surface area contributed by atoms with Gasteiger partial charge in [-0.05, 0) is 23.8 Å². The molecule has 0 saturated carbocycles. The van der Waals surface area contributed by atoms with Gasteiger partial charge in [0.05, 0.1) is 5.41 Å². The summed E-state index contributed by atoms with van der Waals surface area (Å²) in [7, 11) is 1.41. The number of carbonyl (C=O) groups is 4. The number of para-hydroxylation sites is 1. The minimum Gasteiger partial charge on any atom is -0.332 e. The lowest BCUT2D eigenvalue weighted by Crippen LogP contribution is -2.54. The predicted octanol–water partition coefficient (Wildman–Crippen LogP) is 2.23. The van der Waals surface area contributed by atoms with E-state index in [0.717, 1.165) is 10.6 Å². The van der Waals surface area contributed by atoms with Crippen molar-refractivity contribution in [2.75, 3.05) is 31.6 Å². The second-order valence-electron chi connectivity index (χ2n) is 7.87. The van der Waals surface area contributed by atoms with Gasteiger partial charge in [-0.3, -0.25) is 24.1 Å². The van der Waals surface area contributed by atoms with Crippen molar-refractivity contribution in [3.63, 3.8) is 0 Å². The molecule has 0 spiro atoms. The summed E-state index contributed by atoms with van der Waals surface area (Å²) < 4.78 is 0. The Morgan fingerprint density at radius 3 is 2.26 bits per heavy atom. The van der Waals surface area contributed by atoms with E-state index in [0.29, 0.717) is 23.7 Å². The molecule has 2 fully saturated rings. The number of hydrogen-bond acceptors (Lipinski definition) is 4. The molecule has 7 nitrogen and oxygen atoms in total. The van der Waals surface area contributed by atoms with Crippen molar-refractivity contribution in [3.05, 3.63) is 65.2 Å². The first-order valence-electron chi connectivity index (χ1n) is 10.0. The van der Waals surface area contributed by atoms with Gasteiger partial charge < -0.3 is 9.80 Å². The number of rotatable bonds is 4. The molecule has 1 atom stereocenters. The summed E-state index contributed by atoms with van der Waals surface area (Å²) in [5.74, 6) is -1.35. The van der Waals surface area contributed by atoms with Crippen molar-refractivity contribution in [1.82, 2.24) is 9.80 Å². The van der Waals surface area contributed by atoms with Crippen LogP contribution in [0.1, 0.15) is 18.4 Å². The Morgan fingerprint density at radius 1 is 0.968 bits per heavy atom. The van der Waals surface area contributed by atoms with Gasteiger partial charge in [0.15, 0.2) is 0 Å². The lowest BCUT2D eigenvalue weighted by atomic mass is 9.75. The summed E-state index contributed by atoms with van der Waals surface area (Å²) in [4.78, 5) is 55.6. The zero-order valence-corrected chi connectivity index (χ0v) is 17.8. The molecule has 1 unspecified atom stereocenters. The third kappa shape index (κ3) is 3.70. The van der Waals surface area contributed by atoms with Gasteiger partial charge in [0.2, 0.25) is 23.6 Å². The molecule has 0 aromatic heterocycles. The molecule has 2 aromatic rings. The second-order valence-corrected chi connectivity index (χ2v) is 8.28. The lowest BCUT2D eigenvalue weighted by molar-refractivity contribution is -0.142. The van der Waals surface area contributed by atoms with E-state index in [-0.39, 0.29) is 37.1 Å². The molecule has 2 aliphatic heterocycles. The van der Waals surface area contributed by atoms with Crippen molar-refractivity contribution < 1.29 is 19.2 Å². The molecule has 0 radical (unpaired) electrons. The van der Waals surface area contributed by atoms with Crippen LogP contribution in [0.5, 0.6) is 0 Å². The largest absolute Gasteiger partial charge is 0.332 e. The number of carbonyl (C=O) groups excluding carboxylic acids is 4. The first kappa shape index (κ1) is 21.1. The highest BCUT2D eigenvalue weighted by Crippen LogP contribution is 2.42. The van der Waals surface area contributed by atoms with Crippen LogP contribution in [0.4, 0.5) is 5.69 Å². The molecular formula is C23H22ClN3O4. The average molecular weight is 440 g/mol. The average Bonchev–Trinajstić information content (AvgIpc) is 2.98. The van der Waals surface area contributed by atoms with Gasteiger partial charge in [-0.15, -0.1) is 0 Å². The highest BCUT2D eigenvalue weighted by atomic mass is 35.5. The summed E-state index contributed by atoms with van der Waals surface area (Å²) in [5.41, 5.74) is -0.117. The van der Waals surface area contributed by atoms with Crippen molar-refractivity contribution >= 4 is 40.9 Å². The summed E-state index contributed by atoms with van der Waals surface area (Å²) >= 11 is 6.37. The van der Waals surface area contributed by atoms with Crippen LogP contribution in [-0.2, 0) is 24.6 Å². The molecule has 4 amide bonds. The maximum atomic E-state index is 13.2. The second kappa shape index (κ2) is 8.15. The van der Waals surface area contributed by atoms with E-state index >= 15 is 0 Å². The maximum Gasteiger partial charge on any atom is 0.246 e. The predicted molar refractivity (Wildman–Crippen MR) is 116 cm³/mol. The normalized spacial score (nSPS) is 21.7. The van der Waals surface area contributed by atoms with Crippen molar-refractivity contribution in [1.29, 1.82) is 0 Å². The monoisotopic (exact) mass is 439 g/mol. The molecular weight excluding hydrogens is 418 g/mol. The van der Waals surface area contributed by atoms with E-state index in [4.69, 9.17) is 11.6 Å². The van der Waals surface area contributed by atoms with Crippen LogP contribution in [0.15, 0.2) is 54.6 Å². The number of halogens is 1. The number of piperazine rings is 1. The van der Waals surface area contributed by atoms with Gasteiger partial charge in [-0.25, -0.2) is 0 Å². The van der Waals surface area contributed by atoms with E-state index < -0.39 is 11.3 Å². The first-order valence-corrected chi connectivity index (χ1v) is 10.4. The molecule has 31 heavy (non-hydrogen) atoms. The highest BCUT2D eigenvalue weighted by molar-refractivity contribution is 6.32. The molecule has 0 bridgehead atoms. The van der Waals surface area contributed by atoms with E-state index in [2.05, 4.69) is 0 Å². The minimum atomic E-state index is -1.36.